The van der Waals surface area contributed by atoms with Crippen LogP contribution >= 0.6 is 0 Å². The Morgan fingerprint density at radius 2 is 2.21 bits per heavy atom. The number of hydrogen-bond acceptors (Lipinski definition) is 5. The number of aliphatic hydroxyl groups is 1. The molecule has 3 rings (SSSR count). The van der Waals surface area contributed by atoms with E-state index in [9.17, 15) is 15.0 Å². The molecule has 1 heterocycles. The summed E-state index contributed by atoms with van der Waals surface area (Å²) in [6, 6.07) is 3.01. The SMILES string of the molecule is COc1cc(O)c2c(c1)C(=O)OC2CC(O)C1CC1. The lowest BCUT2D eigenvalue weighted by Crippen LogP contribution is -2.14. The van der Waals surface area contributed by atoms with Gasteiger partial charge in [0.2, 0.25) is 0 Å². The maximum absolute atomic E-state index is 11.8. The summed E-state index contributed by atoms with van der Waals surface area (Å²) in [5, 5.41) is 20.0. The predicted molar refractivity (Wildman–Crippen MR) is 66.2 cm³/mol. The maximum Gasteiger partial charge on any atom is 0.339 e. The van der Waals surface area contributed by atoms with Crippen molar-refractivity contribution in [1.82, 2.24) is 0 Å². The van der Waals surface area contributed by atoms with Gasteiger partial charge in [-0.25, -0.2) is 4.79 Å². The van der Waals surface area contributed by atoms with Crippen molar-refractivity contribution in [3.63, 3.8) is 0 Å². The van der Waals surface area contributed by atoms with E-state index < -0.39 is 18.2 Å². The number of esters is 1. The smallest absolute Gasteiger partial charge is 0.339 e. The van der Waals surface area contributed by atoms with Gasteiger partial charge in [0, 0.05) is 18.1 Å². The van der Waals surface area contributed by atoms with E-state index in [4.69, 9.17) is 9.47 Å². The van der Waals surface area contributed by atoms with Crippen LogP contribution < -0.4 is 4.74 Å². The molecule has 2 unspecified atom stereocenters. The minimum Gasteiger partial charge on any atom is -0.507 e. The van der Waals surface area contributed by atoms with E-state index in [1.807, 2.05) is 0 Å². The Bertz CT molecular complexity index is 521. The monoisotopic (exact) mass is 264 g/mol. The molecule has 1 aromatic rings. The van der Waals surface area contributed by atoms with Crippen molar-refractivity contribution in [2.24, 2.45) is 5.92 Å². The quantitative estimate of drug-likeness (QED) is 0.811. The van der Waals surface area contributed by atoms with Gasteiger partial charge in [0.05, 0.1) is 18.8 Å². The number of aromatic hydroxyl groups is 1. The van der Waals surface area contributed by atoms with Crippen molar-refractivity contribution in [2.75, 3.05) is 7.11 Å². The van der Waals surface area contributed by atoms with Crippen molar-refractivity contribution in [2.45, 2.75) is 31.5 Å². The molecule has 5 heteroatoms. The second kappa shape index (κ2) is 4.42. The van der Waals surface area contributed by atoms with E-state index in [-0.39, 0.29) is 5.75 Å². The summed E-state index contributed by atoms with van der Waals surface area (Å²) in [4.78, 5) is 11.8. The number of carbonyl (C=O) groups excluding carboxylic acids is 1. The molecule has 0 spiro atoms. The molecule has 2 atom stereocenters. The Balaban J connectivity index is 1.90. The Hall–Kier alpha value is -1.75. The van der Waals surface area contributed by atoms with Crippen LogP contribution in [-0.4, -0.2) is 29.4 Å². The molecule has 1 saturated carbocycles. The minimum atomic E-state index is -0.566. The lowest BCUT2D eigenvalue weighted by Gasteiger charge is -2.16. The van der Waals surface area contributed by atoms with E-state index in [1.54, 1.807) is 6.07 Å². The van der Waals surface area contributed by atoms with Gasteiger partial charge in [-0.3, -0.25) is 0 Å². The average Bonchev–Trinajstić information content (AvgIpc) is 3.17. The standard InChI is InChI=1S/C14H16O5/c1-18-8-4-9-13(11(16)5-8)12(19-14(9)17)6-10(15)7-2-3-7/h4-5,7,10,12,15-16H,2-3,6H2,1H3. The highest BCUT2D eigenvalue weighted by atomic mass is 16.6. The van der Waals surface area contributed by atoms with Crippen LogP contribution in [0.3, 0.4) is 0 Å². The molecule has 5 nitrogen and oxygen atoms in total. The fraction of sp³-hybridized carbons (Fsp3) is 0.500. The van der Waals surface area contributed by atoms with Crippen molar-refractivity contribution in [3.05, 3.63) is 23.3 Å². The van der Waals surface area contributed by atoms with Crippen LogP contribution in [0.25, 0.3) is 0 Å². The van der Waals surface area contributed by atoms with Gasteiger partial charge in [0.15, 0.2) is 0 Å². The third-order valence-electron chi connectivity index (χ3n) is 3.78. The number of cyclic esters (lactones) is 1. The first-order valence-electron chi connectivity index (χ1n) is 6.40. The van der Waals surface area contributed by atoms with Gasteiger partial charge in [-0.15, -0.1) is 0 Å². The van der Waals surface area contributed by atoms with Gasteiger partial charge < -0.3 is 19.7 Å². The van der Waals surface area contributed by atoms with E-state index in [0.717, 1.165) is 12.8 Å². The molecule has 1 aliphatic heterocycles. The summed E-state index contributed by atoms with van der Waals surface area (Å²) in [7, 11) is 1.47. The fourth-order valence-electron chi connectivity index (χ4n) is 2.55. The number of phenols is 1. The predicted octanol–water partition coefficient (Wildman–Crippen LogP) is 1.77. The zero-order chi connectivity index (χ0) is 13.6. The fourth-order valence-corrected chi connectivity index (χ4v) is 2.55. The molecule has 0 radical (unpaired) electrons. The van der Waals surface area contributed by atoms with Crippen LogP contribution in [0.1, 0.15) is 41.3 Å². The Morgan fingerprint density at radius 1 is 1.47 bits per heavy atom. The highest BCUT2D eigenvalue weighted by molar-refractivity contribution is 5.95. The molecule has 1 aromatic carbocycles. The van der Waals surface area contributed by atoms with Crippen LogP contribution in [0.5, 0.6) is 11.5 Å². The summed E-state index contributed by atoms with van der Waals surface area (Å²) in [5.41, 5.74) is 0.787. The number of rotatable bonds is 4. The van der Waals surface area contributed by atoms with Crippen LogP contribution in [0.4, 0.5) is 0 Å². The van der Waals surface area contributed by atoms with Crippen LogP contribution in [0.15, 0.2) is 12.1 Å². The topological polar surface area (TPSA) is 76.0 Å². The highest BCUT2D eigenvalue weighted by Gasteiger charge is 2.39. The average molecular weight is 264 g/mol. The number of ether oxygens (including phenoxy) is 2. The molecule has 2 aliphatic rings. The normalized spacial score (nSPS) is 22.8. The van der Waals surface area contributed by atoms with Crippen LogP contribution in [0, 0.1) is 5.92 Å². The summed E-state index contributed by atoms with van der Waals surface area (Å²) in [6.45, 7) is 0. The van der Waals surface area contributed by atoms with Crippen molar-refractivity contribution >= 4 is 5.97 Å². The molecule has 0 amide bonds. The highest BCUT2D eigenvalue weighted by Crippen LogP contribution is 2.44. The molecule has 0 bridgehead atoms. The van der Waals surface area contributed by atoms with Crippen molar-refractivity contribution in [1.29, 1.82) is 0 Å². The lowest BCUT2D eigenvalue weighted by atomic mass is 9.98. The first-order chi connectivity index (χ1) is 9.10. The number of carbonyl (C=O) groups is 1. The number of phenolic OH excluding ortho intramolecular Hbond substituents is 1. The van der Waals surface area contributed by atoms with Gasteiger partial charge in [0.1, 0.15) is 17.6 Å². The summed E-state index contributed by atoms with van der Waals surface area (Å²) in [6.07, 6.45) is 1.32. The molecule has 19 heavy (non-hydrogen) atoms. The zero-order valence-corrected chi connectivity index (χ0v) is 10.6. The number of aliphatic hydroxyl groups excluding tert-OH is 1. The summed E-state index contributed by atoms with van der Waals surface area (Å²) in [5.74, 6) is 0.227. The van der Waals surface area contributed by atoms with Gasteiger partial charge >= 0.3 is 5.97 Å². The zero-order valence-electron chi connectivity index (χ0n) is 10.6. The van der Waals surface area contributed by atoms with Crippen LogP contribution in [0.2, 0.25) is 0 Å². The summed E-state index contributed by atoms with van der Waals surface area (Å²) < 4.78 is 10.3. The van der Waals surface area contributed by atoms with E-state index in [1.165, 1.54) is 13.2 Å². The van der Waals surface area contributed by atoms with Gasteiger partial charge in [-0.2, -0.15) is 0 Å². The van der Waals surface area contributed by atoms with Gasteiger partial charge in [-0.05, 0) is 24.8 Å². The largest absolute Gasteiger partial charge is 0.507 e. The lowest BCUT2D eigenvalue weighted by molar-refractivity contribution is 0.0202. The molecular weight excluding hydrogens is 248 g/mol. The molecule has 2 N–H and O–H groups in total. The number of fused-ring (bicyclic) bond motifs is 1. The van der Waals surface area contributed by atoms with Crippen molar-refractivity contribution in [3.8, 4) is 11.5 Å². The third kappa shape index (κ3) is 2.14. The Labute approximate surface area is 110 Å². The first-order valence-corrected chi connectivity index (χ1v) is 6.40. The van der Waals surface area contributed by atoms with Gasteiger partial charge in [0.25, 0.3) is 0 Å². The van der Waals surface area contributed by atoms with E-state index in [0.29, 0.717) is 29.2 Å². The number of hydrogen-bond donors (Lipinski definition) is 2. The van der Waals surface area contributed by atoms with E-state index in [2.05, 4.69) is 0 Å². The molecular formula is C14H16O5. The van der Waals surface area contributed by atoms with Crippen LogP contribution in [-0.2, 0) is 4.74 Å². The van der Waals surface area contributed by atoms with E-state index >= 15 is 0 Å². The maximum atomic E-state index is 11.8. The Morgan fingerprint density at radius 3 is 2.84 bits per heavy atom. The minimum absolute atomic E-state index is 0.0202. The second-order valence-corrected chi connectivity index (χ2v) is 5.14. The molecule has 1 fully saturated rings. The molecule has 0 saturated heterocycles. The summed E-state index contributed by atoms with van der Waals surface area (Å²) >= 11 is 0. The molecule has 1 aliphatic carbocycles. The third-order valence-corrected chi connectivity index (χ3v) is 3.78. The van der Waals surface area contributed by atoms with Gasteiger partial charge in [-0.1, -0.05) is 0 Å². The Kier molecular flexibility index (Phi) is 2.86. The second-order valence-electron chi connectivity index (χ2n) is 5.14. The first kappa shape index (κ1) is 12.3. The number of methoxy groups -OCH3 is 1. The molecule has 0 aromatic heterocycles. The molecule has 102 valence electrons. The number of benzene rings is 1. The van der Waals surface area contributed by atoms with Crippen molar-refractivity contribution < 1.29 is 24.5 Å².